The molecule has 1 aromatic carbocycles. The minimum absolute atomic E-state index is 0.159. The van der Waals surface area contributed by atoms with Crippen molar-refractivity contribution in [3.05, 3.63) is 23.8 Å². The van der Waals surface area contributed by atoms with Crippen LogP contribution in [-0.4, -0.2) is 32.8 Å². The highest BCUT2D eigenvalue weighted by Gasteiger charge is 2.08. The first-order valence-corrected chi connectivity index (χ1v) is 7.48. The van der Waals surface area contributed by atoms with Crippen molar-refractivity contribution in [2.75, 3.05) is 32.6 Å². The number of unbranched alkanes of at least 4 members (excludes halogenated alkanes) is 3. The SMILES string of the molecule is CCCCCCOc1ccc(C(=O)NCCOC)cc1N. The van der Waals surface area contributed by atoms with E-state index in [0.29, 0.717) is 36.8 Å². The molecule has 0 aromatic heterocycles. The first-order chi connectivity index (χ1) is 10.2. The zero-order valence-corrected chi connectivity index (χ0v) is 13.0. The number of benzene rings is 1. The number of hydrogen-bond donors (Lipinski definition) is 2. The fourth-order valence-corrected chi connectivity index (χ4v) is 1.90. The van der Waals surface area contributed by atoms with E-state index in [4.69, 9.17) is 15.2 Å². The van der Waals surface area contributed by atoms with Gasteiger partial charge in [-0.05, 0) is 24.6 Å². The molecule has 0 fully saturated rings. The van der Waals surface area contributed by atoms with Crippen LogP contribution in [0.5, 0.6) is 5.75 Å². The molecule has 118 valence electrons. The highest BCUT2D eigenvalue weighted by molar-refractivity contribution is 5.95. The lowest BCUT2D eigenvalue weighted by Gasteiger charge is -2.10. The molecule has 1 rings (SSSR count). The van der Waals surface area contributed by atoms with Crippen LogP contribution < -0.4 is 15.8 Å². The largest absolute Gasteiger partial charge is 0.491 e. The van der Waals surface area contributed by atoms with Gasteiger partial charge in [0.25, 0.3) is 5.91 Å². The van der Waals surface area contributed by atoms with Gasteiger partial charge in [-0.3, -0.25) is 4.79 Å². The number of nitrogens with two attached hydrogens (primary N) is 1. The second-order valence-corrected chi connectivity index (χ2v) is 4.91. The van der Waals surface area contributed by atoms with Crippen LogP contribution in [0.2, 0.25) is 0 Å². The molecule has 0 aliphatic rings. The summed E-state index contributed by atoms with van der Waals surface area (Å²) in [4.78, 5) is 11.9. The number of nitrogen functional groups attached to an aromatic ring is 1. The highest BCUT2D eigenvalue weighted by atomic mass is 16.5. The van der Waals surface area contributed by atoms with Gasteiger partial charge in [-0.25, -0.2) is 0 Å². The molecule has 0 saturated carbocycles. The summed E-state index contributed by atoms with van der Waals surface area (Å²) in [7, 11) is 1.59. The van der Waals surface area contributed by atoms with Crippen LogP contribution in [-0.2, 0) is 4.74 Å². The van der Waals surface area contributed by atoms with Crippen molar-refractivity contribution in [1.29, 1.82) is 0 Å². The monoisotopic (exact) mass is 294 g/mol. The van der Waals surface area contributed by atoms with Crippen molar-refractivity contribution in [2.24, 2.45) is 0 Å². The number of amides is 1. The number of anilines is 1. The van der Waals surface area contributed by atoms with Crippen molar-refractivity contribution in [3.63, 3.8) is 0 Å². The molecule has 1 aromatic rings. The number of hydrogen-bond acceptors (Lipinski definition) is 4. The maximum atomic E-state index is 11.9. The van der Waals surface area contributed by atoms with E-state index in [9.17, 15) is 4.79 Å². The summed E-state index contributed by atoms with van der Waals surface area (Å²) in [6, 6.07) is 5.11. The molecule has 0 unspecified atom stereocenters. The van der Waals surface area contributed by atoms with Crippen molar-refractivity contribution in [2.45, 2.75) is 32.6 Å². The highest BCUT2D eigenvalue weighted by Crippen LogP contribution is 2.22. The van der Waals surface area contributed by atoms with E-state index < -0.39 is 0 Å². The van der Waals surface area contributed by atoms with Crippen LogP contribution in [0.1, 0.15) is 43.0 Å². The zero-order valence-electron chi connectivity index (χ0n) is 13.0. The Kier molecular flexibility index (Phi) is 8.28. The van der Waals surface area contributed by atoms with E-state index in [-0.39, 0.29) is 5.91 Å². The first kappa shape index (κ1) is 17.3. The summed E-state index contributed by atoms with van der Waals surface area (Å²) in [6.45, 7) is 3.80. The standard InChI is InChI=1S/C16H26N2O3/c1-3-4-5-6-10-21-15-8-7-13(12-14(15)17)16(19)18-9-11-20-2/h7-8,12H,3-6,9-11,17H2,1-2H3,(H,18,19). The molecule has 0 atom stereocenters. The number of rotatable bonds is 10. The molecule has 1 amide bonds. The summed E-state index contributed by atoms with van der Waals surface area (Å²) in [6.07, 6.45) is 4.61. The molecule has 0 saturated heterocycles. The van der Waals surface area contributed by atoms with Gasteiger partial charge in [-0.15, -0.1) is 0 Å². The van der Waals surface area contributed by atoms with Gasteiger partial charge in [-0.2, -0.15) is 0 Å². The molecule has 0 aliphatic heterocycles. The summed E-state index contributed by atoms with van der Waals surface area (Å²) in [5.41, 5.74) is 6.95. The molecule has 0 aliphatic carbocycles. The van der Waals surface area contributed by atoms with E-state index in [2.05, 4.69) is 12.2 Å². The molecule has 3 N–H and O–H groups in total. The number of nitrogens with one attached hydrogen (secondary N) is 1. The molecule has 5 nitrogen and oxygen atoms in total. The Labute approximate surface area is 126 Å². The fraction of sp³-hybridized carbons (Fsp3) is 0.562. The van der Waals surface area contributed by atoms with E-state index in [1.54, 1.807) is 25.3 Å². The van der Waals surface area contributed by atoms with Gasteiger partial charge in [0.1, 0.15) is 5.75 Å². The zero-order chi connectivity index (χ0) is 15.5. The van der Waals surface area contributed by atoms with E-state index in [1.165, 1.54) is 12.8 Å². The maximum absolute atomic E-state index is 11.9. The van der Waals surface area contributed by atoms with Crippen LogP contribution in [0.3, 0.4) is 0 Å². The third kappa shape index (κ3) is 6.49. The summed E-state index contributed by atoms with van der Waals surface area (Å²) < 4.78 is 10.5. The topological polar surface area (TPSA) is 73.6 Å². The fourth-order valence-electron chi connectivity index (χ4n) is 1.90. The van der Waals surface area contributed by atoms with Crippen LogP contribution in [0.15, 0.2) is 18.2 Å². The lowest BCUT2D eigenvalue weighted by atomic mass is 10.1. The third-order valence-electron chi connectivity index (χ3n) is 3.12. The van der Waals surface area contributed by atoms with Gasteiger partial charge in [0.05, 0.1) is 18.9 Å². The Bertz CT molecular complexity index is 436. The quantitative estimate of drug-likeness (QED) is 0.514. The van der Waals surface area contributed by atoms with Gasteiger partial charge in [0, 0.05) is 19.2 Å². The van der Waals surface area contributed by atoms with E-state index in [0.717, 1.165) is 12.8 Å². The Hall–Kier alpha value is -1.75. The van der Waals surface area contributed by atoms with Crippen LogP contribution >= 0.6 is 0 Å². The third-order valence-corrected chi connectivity index (χ3v) is 3.12. The summed E-state index contributed by atoms with van der Waals surface area (Å²) in [5.74, 6) is 0.480. The summed E-state index contributed by atoms with van der Waals surface area (Å²) >= 11 is 0. The van der Waals surface area contributed by atoms with Crippen molar-refractivity contribution >= 4 is 11.6 Å². The second-order valence-electron chi connectivity index (χ2n) is 4.91. The average molecular weight is 294 g/mol. The molecule has 0 bridgehead atoms. The van der Waals surface area contributed by atoms with E-state index >= 15 is 0 Å². The van der Waals surface area contributed by atoms with Gasteiger partial charge >= 0.3 is 0 Å². The predicted octanol–water partition coefficient (Wildman–Crippen LogP) is 2.60. The van der Waals surface area contributed by atoms with E-state index in [1.807, 2.05) is 0 Å². The average Bonchev–Trinajstić information content (AvgIpc) is 2.48. The molecule has 5 heteroatoms. The smallest absolute Gasteiger partial charge is 0.251 e. The Balaban J connectivity index is 2.45. The lowest BCUT2D eigenvalue weighted by Crippen LogP contribution is -2.26. The minimum Gasteiger partial charge on any atom is -0.491 e. The Morgan fingerprint density at radius 3 is 2.71 bits per heavy atom. The van der Waals surface area contributed by atoms with Gasteiger partial charge in [-0.1, -0.05) is 26.2 Å². The molecule has 0 radical (unpaired) electrons. The lowest BCUT2D eigenvalue weighted by molar-refractivity contribution is 0.0937. The van der Waals surface area contributed by atoms with Gasteiger partial charge in [0.2, 0.25) is 0 Å². The Morgan fingerprint density at radius 2 is 2.05 bits per heavy atom. The predicted molar refractivity (Wildman–Crippen MR) is 84.7 cm³/mol. The minimum atomic E-state index is -0.159. The molecular weight excluding hydrogens is 268 g/mol. The first-order valence-electron chi connectivity index (χ1n) is 7.48. The van der Waals surface area contributed by atoms with Gasteiger partial charge < -0.3 is 20.5 Å². The molecule has 21 heavy (non-hydrogen) atoms. The van der Waals surface area contributed by atoms with Crippen LogP contribution in [0.4, 0.5) is 5.69 Å². The summed E-state index contributed by atoms with van der Waals surface area (Å²) in [5, 5.41) is 2.75. The molecule has 0 spiro atoms. The maximum Gasteiger partial charge on any atom is 0.251 e. The number of methoxy groups -OCH3 is 1. The Morgan fingerprint density at radius 1 is 1.24 bits per heavy atom. The van der Waals surface area contributed by atoms with Gasteiger partial charge in [0.15, 0.2) is 0 Å². The molecule has 0 heterocycles. The molecular formula is C16H26N2O3. The van der Waals surface area contributed by atoms with Crippen molar-refractivity contribution in [3.8, 4) is 5.75 Å². The number of ether oxygens (including phenoxy) is 2. The number of carbonyl (C=O) groups is 1. The van der Waals surface area contributed by atoms with Crippen LogP contribution in [0.25, 0.3) is 0 Å². The number of carbonyl (C=O) groups excluding carboxylic acids is 1. The second kappa shape index (κ2) is 10.0. The van der Waals surface area contributed by atoms with Crippen molar-refractivity contribution in [1.82, 2.24) is 5.32 Å². The van der Waals surface area contributed by atoms with Crippen LogP contribution in [0, 0.1) is 0 Å². The van der Waals surface area contributed by atoms with Crippen molar-refractivity contribution < 1.29 is 14.3 Å². The normalized spacial score (nSPS) is 10.4.